The molecule has 0 amide bonds. The summed E-state index contributed by atoms with van der Waals surface area (Å²) in [6.07, 6.45) is 23.6. The van der Waals surface area contributed by atoms with E-state index in [-0.39, 0.29) is 12.3 Å². The van der Waals surface area contributed by atoms with E-state index in [9.17, 15) is 9.59 Å². The Balaban J connectivity index is 4.16. The SMILES string of the molecule is CCCCCCC/C=C/C(CCCCCCCC(=O)O)C(=O)CCCCCC. The highest BCUT2D eigenvalue weighted by molar-refractivity contribution is 5.82. The molecule has 0 spiro atoms. The van der Waals surface area contributed by atoms with Crippen LogP contribution >= 0.6 is 0 Å². The first-order chi connectivity index (χ1) is 13.6. The van der Waals surface area contributed by atoms with E-state index in [1.807, 2.05) is 0 Å². The summed E-state index contributed by atoms with van der Waals surface area (Å²) in [7, 11) is 0. The Hall–Kier alpha value is -1.12. The summed E-state index contributed by atoms with van der Waals surface area (Å²) in [6, 6.07) is 0. The lowest BCUT2D eigenvalue weighted by Crippen LogP contribution is -2.12. The molecule has 28 heavy (non-hydrogen) atoms. The summed E-state index contributed by atoms with van der Waals surface area (Å²) < 4.78 is 0. The third-order valence-electron chi connectivity index (χ3n) is 5.44. The summed E-state index contributed by atoms with van der Waals surface area (Å²) in [4.78, 5) is 23.2. The lowest BCUT2D eigenvalue weighted by atomic mass is 9.92. The molecule has 0 rings (SSSR count). The Bertz CT molecular complexity index is 401. The second-order valence-electron chi connectivity index (χ2n) is 8.21. The third-order valence-corrected chi connectivity index (χ3v) is 5.44. The molecule has 0 aliphatic rings. The van der Waals surface area contributed by atoms with Crippen LogP contribution < -0.4 is 0 Å². The molecule has 0 bridgehead atoms. The first kappa shape index (κ1) is 26.9. The van der Waals surface area contributed by atoms with Gasteiger partial charge in [0.1, 0.15) is 5.78 Å². The van der Waals surface area contributed by atoms with Crippen LogP contribution in [0.2, 0.25) is 0 Å². The summed E-state index contributed by atoms with van der Waals surface area (Å²) in [6.45, 7) is 4.44. The van der Waals surface area contributed by atoms with Gasteiger partial charge in [0.05, 0.1) is 0 Å². The standard InChI is InChI=1S/C25H46O3/c1-3-5-7-9-10-12-15-19-23(24(26)21-17-8-6-4-2)20-16-13-11-14-18-22-25(27)28/h15,19,23H,3-14,16-18,20-22H2,1-2H3,(H,27,28)/b19-15+. The third kappa shape index (κ3) is 18.3. The van der Waals surface area contributed by atoms with Crippen LogP contribution in [0.1, 0.15) is 129 Å². The maximum absolute atomic E-state index is 12.6. The van der Waals surface area contributed by atoms with Crippen molar-refractivity contribution in [2.45, 2.75) is 129 Å². The summed E-state index contributed by atoms with van der Waals surface area (Å²) in [5, 5.41) is 8.67. The minimum absolute atomic E-state index is 0.0938. The van der Waals surface area contributed by atoms with E-state index < -0.39 is 5.97 Å². The van der Waals surface area contributed by atoms with Crippen LogP contribution in [-0.4, -0.2) is 16.9 Å². The predicted molar refractivity (Wildman–Crippen MR) is 120 cm³/mol. The van der Waals surface area contributed by atoms with Gasteiger partial charge >= 0.3 is 5.97 Å². The van der Waals surface area contributed by atoms with Gasteiger partial charge in [-0.3, -0.25) is 9.59 Å². The highest BCUT2D eigenvalue weighted by atomic mass is 16.4. The minimum Gasteiger partial charge on any atom is -0.481 e. The first-order valence-electron chi connectivity index (χ1n) is 12.0. The average Bonchev–Trinajstić information content (AvgIpc) is 2.67. The van der Waals surface area contributed by atoms with Crippen molar-refractivity contribution >= 4 is 11.8 Å². The van der Waals surface area contributed by atoms with Crippen molar-refractivity contribution in [2.24, 2.45) is 5.92 Å². The fourth-order valence-corrected chi connectivity index (χ4v) is 3.57. The molecule has 0 aromatic heterocycles. The van der Waals surface area contributed by atoms with E-state index in [1.165, 1.54) is 51.4 Å². The molecule has 164 valence electrons. The van der Waals surface area contributed by atoms with Gasteiger partial charge in [0, 0.05) is 18.8 Å². The maximum atomic E-state index is 12.6. The summed E-state index contributed by atoms with van der Waals surface area (Å²) >= 11 is 0. The van der Waals surface area contributed by atoms with Crippen molar-refractivity contribution in [3.05, 3.63) is 12.2 Å². The monoisotopic (exact) mass is 394 g/mol. The zero-order chi connectivity index (χ0) is 20.9. The van der Waals surface area contributed by atoms with E-state index >= 15 is 0 Å². The Morgan fingerprint density at radius 1 is 0.714 bits per heavy atom. The van der Waals surface area contributed by atoms with Crippen molar-refractivity contribution in [3.63, 3.8) is 0 Å². The molecule has 0 heterocycles. The Labute approximate surface area is 174 Å². The van der Waals surface area contributed by atoms with Crippen LogP contribution in [0.15, 0.2) is 12.2 Å². The molecular weight excluding hydrogens is 348 g/mol. The fraction of sp³-hybridized carbons (Fsp3) is 0.840. The van der Waals surface area contributed by atoms with Gasteiger partial charge in [-0.15, -0.1) is 0 Å². The second-order valence-corrected chi connectivity index (χ2v) is 8.21. The molecule has 0 saturated heterocycles. The van der Waals surface area contributed by atoms with Crippen LogP contribution in [0.3, 0.4) is 0 Å². The molecule has 0 aromatic carbocycles. The quantitative estimate of drug-likeness (QED) is 0.159. The number of hydrogen-bond acceptors (Lipinski definition) is 2. The predicted octanol–water partition coefficient (Wildman–Crippen LogP) is 7.87. The van der Waals surface area contributed by atoms with E-state index in [1.54, 1.807) is 0 Å². The zero-order valence-electron chi connectivity index (χ0n) is 18.7. The number of allylic oxidation sites excluding steroid dienone is 2. The van der Waals surface area contributed by atoms with Crippen LogP contribution in [0.25, 0.3) is 0 Å². The van der Waals surface area contributed by atoms with Crippen LogP contribution in [-0.2, 0) is 9.59 Å². The number of carbonyl (C=O) groups excluding carboxylic acids is 1. The van der Waals surface area contributed by atoms with Crippen molar-refractivity contribution < 1.29 is 14.7 Å². The molecule has 0 radical (unpaired) electrons. The number of rotatable bonds is 21. The highest BCUT2D eigenvalue weighted by Gasteiger charge is 2.14. The lowest BCUT2D eigenvalue weighted by Gasteiger charge is -2.12. The lowest BCUT2D eigenvalue weighted by molar-refractivity contribution is -0.137. The molecule has 0 fully saturated rings. The van der Waals surface area contributed by atoms with Gasteiger partial charge in [-0.25, -0.2) is 0 Å². The number of carboxylic acid groups (broad SMARTS) is 1. The van der Waals surface area contributed by atoms with Crippen LogP contribution in [0.5, 0.6) is 0 Å². The number of ketones is 1. The molecule has 3 heteroatoms. The Morgan fingerprint density at radius 3 is 1.93 bits per heavy atom. The van der Waals surface area contributed by atoms with E-state index in [0.29, 0.717) is 5.78 Å². The van der Waals surface area contributed by atoms with Crippen LogP contribution in [0, 0.1) is 5.92 Å². The zero-order valence-corrected chi connectivity index (χ0v) is 18.7. The van der Waals surface area contributed by atoms with Gasteiger partial charge in [-0.05, 0) is 32.1 Å². The van der Waals surface area contributed by atoms with Gasteiger partial charge in [0.2, 0.25) is 0 Å². The van der Waals surface area contributed by atoms with Gasteiger partial charge in [-0.1, -0.05) is 96.6 Å². The minimum atomic E-state index is -0.700. The number of unbranched alkanes of at least 4 members (excludes halogenated alkanes) is 12. The van der Waals surface area contributed by atoms with E-state index in [2.05, 4.69) is 26.0 Å². The molecule has 1 atom stereocenters. The number of carbonyl (C=O) groups is 2. The molecule has 1 N–H and O–H groups in total. The normalized spacial score (nSPS) is 12.5. The van der Waals surface area contributed by atoms with Crippen molar-refractivity contribution in [1.29, 1.82) is 0 Å². The van der Waals surface area contributed by atoms with Gasteiger partial charge in [0.25, 0.3) is 0 Å². The van der Waals surface area contributed by atoms with Crippen LogP contribution in [0.4, 0.5) is 0 Å². The molecule has 1 unspecified atom stereocenters. The number of carboxylic acids is 1. The molecule has 0 aliphatic carbocycles. The number of hydrogen-bond donors (Lipinski definition) is 1. The molecule has 0 aromatic rings. The van der Waals surface area contributed by atoms with Crippen molar-refractivity contribution in [3.8, 4) is 0 Å². The number of Topliss-reactive ketones (excluding diaryl/α,β-unsaturated/α-hetero) is 1. The van der Waals surface area contributed by atoms with E-state index in [0.717, 1.165) is 57.8 Å². The van der Waals surface area contributed by atoms with Gasteiger partial charge in [0.15, 0.2) is 0 Å². The average molecular weight is 395 g/mol. The summed E-state index contributed by atoms with van der Waals surface area (Å²) in [5.74, 6) is -0.186. The molecule has 0 saturated carbocycles. The largest absolute Gasteiger partial charge is 0.481 e. The van der Waals surface area contributed by atoms with Gasteiger partial charge in [-0.2, -0.15) is 0 Å². The number of aliphatic carboxylic acids is 1. The molecule has 3 nitrogen and oxygen atoms in total. The Morgan fingerprint density at radius 2 is 1.25 bits per heavy atom. The molecular formula is C25H46O3. The first-order valence-corrected chi connectivity index (χ1v) is 12.0. The van der Waals surface area contributed by atoms with Crippen molar-refractivity contribution in [2.75, 3.05) is 0 Å². The maximum Gasteiger partial charge on any atom is 0.303 e. The second kappa shape index (κ2) is 20.6. The van der Waals surface area contributed by atoms with Gasteiger partial charge < -0.3 is 5.11 Å². The molecule has 0 aliphatic heterocycles. The topological polar surface area (TPSA) is 54.4 Å². The Kier molecular flexibility index (Phi) is 19.8. The van der Waals surface area contributed by atoms with Crippen molar-refractivity contribution in [1.82, 2.24) is 0 Å². The fourth-order valence-electron chi connectivity index (χ4n) is 3.57. The smallest absolute Gasteiger partial charge is 0.303 e. The van der Waals surface area contributed by atoms with E-state index in [4.69, 9.17) is 5.11 Å². The summed E-state index contributed by atoms with van der Waals surface area (Å²) in [5.41, 5.74) is 0. The highest BCUT2D eigenvalue weighted by Crippen LogP contribution is 2.18.